The van der Waals surface area contributed by atoms with Crippen LogP contribution in [0.4, 0.5) is 11.6 Å². The van der Waals surface area contributed by atoms with Crippen molar-refractivity contribution in [3.05, 3.63) is 48.3 Å². The van der Waals surface area contributed by atoms with E-state index in [9.17, 15) is 0 Å². The maximum absolute atomic E-state index is 4.55. The number of aromatic nitrogens is 2. The van der Waals surface area contributed by atoms with Gasteiger partial charge in [-0.25, -0.2) is 9.97 Å². The van der Waals surface area contributed by atoms with Crippen LogP contribution in [0.25, 0.3) is 0 Å². The molecule has 0 bridgehead atoms. The Morgan fingerprint density at radius 2 is 1.54 bits per heavy atom. The first-order valence-electron chi connectivity index (χ1n) is 9.03. The molecule has 0 radical (unpaired) electrons. The van der Waals surface area contributed by atoms with Gasteiger partial charge in [-0.15, -0.1) is 0 Å². The molecule has 0 spiro atoms. The molecule has 2 aromatic rings. The molecule has 0 N–H and O–H groups in total. The van der Waals surface area contributed by atoms with Crippen molar-refractivity contribution in [3.8, 4) is 0 Å². The third kappa shape index (κ3) is 4.95. The number of hydrogen-bond donors (Lipinski definition) is 0. The van der Waals surface area contributed by atoms with E-state index in [-0.39, 0.29) is 0 Å². The topological polar surface area (TPSA) is 32.3 Å². The van der Waals surface area contributed by atoms with Crippen LogP contribution in [0.1, 0.15) is 46.1 Å². The second-order valence-corrected chi connectivity index (χ2v) is 6.43. The van der Waals surface area contributed by atoms with E-state index >= 15 is 0 Å². The summed E-state index contributed by atoms with van der Waals surface area (Å²) in [5.74, 6) is 2.03. The molecule has 1 aromatic carbocycles. The van der Waals surface area contributed by atoms with E-state index in [1.165, 1.54) is 5.56 Å². The van der Waals surface area contributed by atoms with Crippen molar-refractivity contribution < 1.29 is 0 Å². The van der Waals surface area contributed by atoms with E-state index in [0.29, 0.717) is 6.04 Å². The van der Waals surface area contributed by atoms with Gasteiger partial charge in [0.2, 0.25) is 0 Å². The lowest BCUT2D eigenvalue weighted by atomic mass is 10.2. The molecule has 0 aliphatic rings. The highest BCUT2D eigenvalue weighted by Crippen LogP contribution is 2.22. The lowest BCUT2D eigenvalue weighted by molar-refractivity contribution is 0.669. The van der Waals surface area contributed by atoms with Crippen LogP contribution >= 0.6 is 0 Å². The van der Waals surface area contributed by atoms with Crippen LogP contribution in [0, 0.1) is 0 Å². The molecule has 0 saturated heterocycles. The van der Waals surface area contributed by atoms with Crippen LogP contribution in [0.2, 0.25) is 0 Å². The van der Waals surface area contributed by atoms with Crippen molar-refractivity contribution in [1.29, 1.82) is 0 Å². The van der Waals surface area contributed by atoms with Crippen LogP contribution in [0.5, 0.6) is 0 Å². The monoisotopic (exact) mass is 326 g/mol. The third-order valence-corrected chi connectivity index (χ3v) is 4.06. The molecule has 0 unspecified atom stereocenters. The average Bonchev–Trinajstić information content (AvgIpc) is 2.60. The van der Waals surface area contributed by atoms with Gasteiger partial charge in [0.25, 0.3) is 0 Å². The second kappa shape index (κ2) is 9.26. The second-order valence-electron chi connectivity index (χ2n) is 6.43. The summed E-state index contributed by atoms with van der Waals surface area (Å²) in [6, 6.07) is 13.1. The highest BCUT2D eigenvalue weighted by atomic mass is 15.2. The van der Waals surface area contributed by atoms with Crippen molar-refractivity contribution in [2.75, 3.05) is 22.9 Å². The highest BCUT2D eigenvalue weighted by molar-refractivity contribution is 5.51. The lowest BCUT2D eigenvalue weighted by Gasteiger charge is -2.29. The van der Waals surface area contributed by atoms with Gasteiger partial charge in [0, 0.05) is 31.7 Å². The molecule has 4 nitrogen and oxygen atoms in total. The van der Waals surface area contributed by atoms with Crippen LogP contribution in [-0.4, -0.2) is 29.1 Å². The summed E-state index contributed by atoms with van der Waals surface area (Å²) in [5.41, 5.74) is 1.30. The standard InChI is InChI=1S/C20H30N4/c1-5-12-23(13-6-2)19-14-20(22-16-21-19)24(17(3)4)15-18-10-8-7-9-11-18/h7-11,14,16-17H,5-6,12-13,15H2,1-4H3. The molecule has 1 aromatic heterocycles. The van der Waals surface area contributed by atoms with Gasteiger partial charge < -0.3 is 9.80 Å². The Labute approximate surface area is 146 Å². The number of rotatable bonds is 9. The van der Waals surface area contributed by atoms with E-state index in [0.717, 1.165) is 44.1 Å². The van der Waals surface area contributed by atoms with E-state index in [1.807, 2.05) is 0 Å². The fourth-order valence-corrected chi connectivity index (χ4v) is 2.86. The number of nitrogens with zero attached hydrogens (tertiary/aromatic N) is 4. The Morgan fingerprint density at radius 1 is 0.917 bits per heavy atom. The van der Waals surface area contributed by atoms with E-state index < -0.39 is 0 Å². The Bertz CT molecular complexity index is 592. The molecule has 130 valence electrons. The quantitative estimate of drug-likeness (QED) is 0.678. The van der Waals surface area contributed by atoms with Crippen molar-refractivity contribution >= 4 is 11.6 Å². The Morgan fingerprint density at radius 3 is 2.12 bits per heavy atom. The first-order chi connectivity index (χ1) is 11.7. The summed E-state index contributed by atoms with van der Waals surface area (Å²) in [7, 11) is 0. The predicted octanol–water partition coefficient (Wildman–Crippen LogP) is 4.52. The van der Waals surface area contributed by atoms with Gasteiger partial charge in [-0.1, -0.05) is 44.2 Å². The van der Waals surface area contributed by atoms with Gasteiger partial charge in [-0.2, -0.15) is 0 Å². The molecule has 0 aliphatic carbocycles. The maximum atomic E-state index is 4.55. The molecule has 0 amide bonds. The number of anilines is 2. The zero-order valence-corrected chi connectivity index (χ0v) is 15.4. The maximum Gasteiger partial charge on any atom is 0.134 e. The fraction of sp³-hybridized carbons (Fsp3) is 0.500. The zero-order valence-electron chi connectivity index (χ0n) is 15.4. The molecule has 0 fully saturated rings. The molecule has 2 rings (SSSR count). The van der Waals surface area contributed by atoms with Gasteiger partial charge in [0.15, 0.2) is 0 Å². The van der Waals surface area contributed by atoms with E-state index in [2.05, 4.69) is 83.9 Å². The predicted molar refractivity (Wildman–Crippen MR) is 103 cm³/mol. The van der Waals surface area contributed by atoms with Gasteiger partial charge in [-0.3, -0.25) is 0 Å². The van der Waals surface area contributed by atoms with Gasteiger partial charge in [-0.05, 0) is 32.3 Å². The first-order valence-corrected chi connectivity index (χ1v) is 9.03. The fourth-order valence-electron chi connectivity index (χ4n) is 2.86. The number of benzene rings is 1. The van der Waals surface area contributed by atoms with Crippen molar-refractivity contribution in [2.24, 2.45) is 0 Å². The Hall–Kier alpha value is -2.10. The van der Waals surface area contributed by atoms with Gasteiger partial charge in [0.1, 0.15) is 18.0 Å². The molecule has 0 aliphatic heterocycles. The lowest BCUT2D eigenvalue weighted by Crippen LogP contribution is -2.32. The van der Waals surface area contributed by atoms with E-state index in [4.69, 9.17) is 0 Å². The summed E-state index contributed by atoms with van der Waals surface area (Å²) in [5, 5.41) is 0. The normalized spacial score (nSPS) is 10.9. The van der Waals surface area contributed by atoms with Crippen molar-refractivity contribution in [2.45, 2.75) is 53.1 Å². The molecular weight excluding hydrogens is 296 g/mol. The third-order valence-electron chi connectivity index (χ3n) is 4.06. The summed E-state index contributed by atoms with van der Waals surface area (Å²) in [4.78, 5) is 13.7. The van der Waals surface area contributed by atoms with Crippen LogP contribution in [0.3, 0.4) is 0 Å². The smallest absolute Gasteiger partial charge is 0.134 e. The molecule has 24 heavy (non-hydrogen) atoms. The van der Waals surface area contributed by atoms with Gasteiger partial charge >= 0.3 is 0 Å². The largest absolute Gasteiger partial charge is 0.356 e. The molecule has 0 atom stereocenters. The molecule has 0 saturated carbocycles. The highest BCUT2D eigenvalue weighted by Gasteiger charge is 2.15. The molecule has 4 heteroatoms. The van der Waals surface area contributed by atoms with Gasteiger partial charge in [0.05, 0.1) is 0 Å². The van der Waals surface area contributed by atoms with Crippen molar-refractivity contribution in [1.82, 2.24) is 9.97 Å². The summed E-state index contributed by atoms with van der Waals surface area (Å²) in [6.07, 6.45) is 3.94. The molecular formula is C20H30N4. The minimum Gasteiger partial charge on any atom is -0.356 e. The van der Waals surface area contributed by atoms with Crippen molar-refractivity contribution in [3.63, 3.8) is 0 Å². The Kier molecular flexibility index (Phi) is 7.04. The average molecular weight is 326 g/mol. The van der Waals surface area contributed by atoms with Crippen LogP contribution in [0.15, 0.2) is 42.7 Å². The first kappa shape index (κ1) is 18.2. The minimum atomic E-state index is 0.374. The SMILES string of the molecule is CCCN(CCC)c1cc(N(Cc2ccccc2)C(C)C)ncn1. The summed E-state index contributed by atoms with van der Waals surface area (Å²) in [6.45, 7) is 11.8. The van der Waals surface area contributed by atoms with Crippen LogP contribution in [-0.2, 0) is 6.54 Å². The zero-order chi connectivity index (χ0) is 17.4. The summed E-state index contributed by atoms with van der Waals surface area (Å²) < 4.78 is 0. The van der Waals surface area contributed by atoms with Crippen LogP contribution < -0.4 is 9.80 Å². The Balaban J connectivity index is 2.25. The number of hydrogen-bond acceptors (Lipinski definition) is 4. The minimum absolute atomic E-state index is 0.374. The summed E-state index contributed by atoms with van der Waals surface area (Å²) >= 11 is 0. The molecule has 1 heterocycles. The van der Waals surface area contributed by atoms with E-state index in [1.54, 1.807) is 6.33 Å².